The highest BCUT2D eigenvalue weighted by molar-refractivity contribution is 7.17. The molecule has 3 aromatic rings. The first-order valence-corrected chi connectivity index (χ1v) is 9.73. The average Bonchev–Trinajstić information content (AvgIpc) is 3.17. The van der Waals surface area contributed by atoms with Crippen molar-refractivity contribution < 1.29 is 4.79 Å². The van der Waals surface area contributed by atoms with E-state index in [-0.39, 0.29) is 5.91 Å². The molecule has 26 heavy (non-hydrogen) atoms. The van der Waals surface area contributed by atoms with Gasteiger partial charge in [-0.05, 0) is 43.1 Å². The van der Waals surface area contributed by atoms with Crippen LogP contribution < -0.4 is 10.6 Å². The van der Waals surface area contributed by atoms with Crippen molar-refractivity contribution in [3.05, 3.63) is 64.3 Å². The maximum Gasteiger partial charge on any atom is 0.261 e. The monoisotopic (exact) mass is 366 g/mol. The van der Waals surface area contributed by atoms with Gasteiger partial charge in [0.25, 0.3) is 5.91 Å². The molecule has 1 aliphatic rings. The first-order chi connectivity index (χ1) is 12.7. The van der Waals surface area contributed by atoms with Gasteiger partial charge in [-0.3, -0.25) is 9.48 Å². The van der Waals surface area contributed by atoms with Gasteiger partial charge in [0.05, 0.1) is 22.8 Å². The zero-order chi connectivity index (χ0) is 17.9. The fourth-order valence-electron chi connectivity index (χ4n) is 3.24. The van der Waals surface area contributed by atoms with Crippen molar-refractivity contribution in [3.8, 4) is 10.4 Å². The summed E-state index contributed by atoms with van der Waals surface area (Å²) < 4.78 is 2.05. The van der Waals surface area contributed by atoms with Gasteiger partial charge in [-0.1, -0.05) is 30.3 Å². The number of carbonyl (C=O) groups excluding carboxylic acids is 1. The Morgan fingerprint density at radius 2 is 2.15 bits per heavy atom. The van der Waals surface area contributed by atoms with E-state index in [4.69, 9.17) is 0 Å². The molecule has 134 valence electrons. The SMILES string of the molecule is Cc1cc(C(=O)NCc2cc3n(n2)CCCNC3)sc1-c1ccccc1. The van der Waals surface area contributed by atoms with Gasteiger partial charge < -0.3 is 10.6 Å². The van der Waals surface area contributed by atoms with Crippen LogP contribution in [0.5, 0.6) is 0 Å². The molecule has 0 atom stereocenters. The lowest BCUT2D eigenvalue weighted by Gasteiger charge is -2.01. The van der Waals surface area contributed by atoms with Crippen molar-refractivity contribution in [3.63, 3.8) is 0 Å². The van der Waals surface area contributed by atoms with Crippen LogP contribution >= 0.6 is 11.3 Å². The van der Waals surface area contributed by atoms with E-state index in [1.807, 2.05) is 28.9 Å². The summed E-state index contributed by atoms with van der Waals surface area (Å²) in [4.78, 5) is 14.5. The predicted octanol–water partition coefficient (Wildman–Crippen LogP) is 3.34. The molecule has 0 spiro atoms. The first-order valence-electron chi connectivity index (χ1n) is 8.91. The van der Waals surface area contributed by atoms with Crippen molar-refractivity contribution >= 4 is 17.2 Å². The number of amides is 1. The number of nitrogens with one attached hydrogen (secondary N) is 2. The Morgan fingerprint density at radius 1 is 1.31 bits per heavy atom. The largest absolute Gasteiger partial charge is 0.346 e. The molecule has 5 nitrogen and oxygen atoms in total. The Balaban J connectivity index is 1.44. The summed E-state index contributed by atoms with van der Waals surface area (Å²) in [5, 5.41) is 11.0. The van der Waals surface area contributed by atoms with Crippen molar-refractivity contribution in [2.75, 3.05) is 6.54 Å². The molecule has 6 heteroatoms. The average molecular weight is 366 g/mol. The van der Waals surface area contributed by atoms with Gasteiger partial charge in [-0.2, -0.15) is 5.10 Å². The summed E-state index contributed by atoms with van der Waals surface area (Å²) in [5.74, 6) is -0.0402. The second kappa shape index (κ2) is 7.43. The van der Waals surface area contributed by atoms with Crippen LogP contribution in [-0.4, -0.2) is 22.2 Å². The van der Waals surface area contributed by atoms with Crippen LogP contribution in [0.25, 0.3) is 10.4 Å². The number of hydrogen-bond donors (Lipinski definition) is 2. The molecule has 3 heterocycles. The second-order valence-electron chi connectivity index (χ2n) is 6.55. The maximum absolute atomic E-state index is 12.6. The maximum atomic E-state index is 12.6. The summed E-state index contributed by atoms with van der Waals surface area (Å²) in [5.41, 5.74) is 4.38. The highest BCUT2D eigenvalue weighted by atomic mass is 32.1. The van der Waals surface area contributed by atoms with E-state index in [2.05, 4.69) is 40.9 Å². The number of hydrogen-bond acceptors (Lipinski definition) is 4. The summed E-state index contributed by atoms with van der Waals surface area (Å²) in [6, 6.07) is 14.2. The standard InChI is InChI=1S/C20H22N4OS/c1-14-10-18(26-19(14)15-6-3-2-4-7-15)20(25)22-12-16-11-17-13-21-8-5-9-24(17)23-16/h2-4,6-7,10-11,21H,5,8-9,12-13H2,1H3,(H,22,25). The Hall–Kier alpha value is -2.44. The van der Waals surface area contributed by atoms with Crippen LogP contribution in [0, 0.1) is 6.92 Å². The van der Waals surface area contributed by atoms with Crippen molar-refractivity contribution in [2.24, 2.45) is 0 Å². The van der Waals surface area contributed by atoms with E-state index >= 15 is 0 Å². The molecule has 2 N–H and O–H groups in total. The number of rotatable bonds is 4. The summed E-state index contributed by atoms with van der Waals surface area (Å²) in [6.45, 7) is 5.30. The molecule has 1 aromatic carbocycles. The Kier molecular flexibility index (Phi) is 4.86. The minimum atomic E-state index is -0.0402. The van der Waals surface area contributed by atoms with Crippen LogP contribution in [0.3, 0.4) is 0 Å². The van der Waals surface area contributed by atoms with E-state index < -0.39 is 0 Å². The van der Waals surface area contributed by atoms with Gasteiger partial charge in [0.2, 0.25) is 0 Å². The molecule has 0 unspecified atom stereocenters. The zero-order valence-corrected chi connectivity index (χ0v) is 15.6. The third-order valence-electron chi connectivity index (χ3n) is 4.55. The van der Waals surface area contributed by atoms with Crippen LogP contribution in [0.15, 0.2) is 42.5 Å². The van der Waals surface area contributed by atoms with Gasteiger partial charge >= 0.3 is 0 Å². The lowest BCUT2D eigenvalue weighted by Crippen LogP contribution is -2.22. The van der Waals surface area contributed by atoms with Gasteiger partial charge in [0.1, 0.15) is 0 Å². The van der Waals surface area contributed by atoms with E-state index in [1.54, 1.807) is 0 Å². The Labute approximate surface area is 157 Å². The van der Waals surface area contributed by atoms with Crippen molar-refractivity contribution in [2.45, 2.75) is 33.0 Å². The smallest absolute Gasteiger partial charge is 0.261 e. The molecule has 0 bridgehead atoms. The zero-order valence-electron chi connectivity index (χ0n) is 14.8. The molecule has 0 saturated heterocycles. The topological polar surface area (TPSA) is 59.0 Å². The molecule has 4 rings (SSSR count). The lowest BCUT2D eigenvalue weighted by molar-refractivity contribution is 0.0954. The van der Waals surface area contributed by atoms with Gasteiger partial charge in [-0.15, -0.1) is 11.3 Å². The number of benzene rings is 1. The molecule has 1 amide bonds. The van der Waals surface area contributed by atoms with Crippen molar-refractivity contribution in [1.82, 2.24) is 20.4 Å². The third-order valence-corrected chi connectivity index (χ3v) is 5.84. The number of carbonyl (C=O) groups is 1. The van der Waals surface area contributed by atoms with Gasteiger partial charge in [-0.25, -0.2) is 0 Å². The Bertz CT molecular complexity index is 890. The first kappa shape index (κ1) is 17.0. The van der Waals surface area contributed by atoms with E-state index in [1.165, 1.54) is 17.0 Å². The lowest BCUT2D eigenvalue weighted by atomic mass is 10.1. The molecule has 0 fully saturated rings. The number of thiophene rings is 1. The molecule has 1 aliphatic heterocycles. The van der Waals surface area contributed by atoms with Crippen molar-refractivity contribution in [1.29, 1.82) is 0 Å². The molecular weight excluding hydrogens is 344 g/mol. The quantitative estimate of drug-likeness (QED) is 0.744. The molecule has 0 aliphatic carbocycles. The molecular formula is C20H22N4OS. The summed E-state index contributed by atoms with van der Waals surface area (Å²) >= 11 is 1.54. The number of aryl methyl sites for hydroxylation is 2. The van der Waals surface area contributed by atoms with Crippen LogP contribution in [-0.2, 0) is 19.6 Å². The fraction of sp³-hybridized carbons (Fsp3) is 0.300. The number of fused-ring (bicyclic) bond motifs is 1. The highest BCUT2D eigenvalue weighted by Gasteiger charge is 2.15. The minimum Gasteiger partial charge on any atom is -0.346 e. The number of nitrogens with zero attached hydrogens (tertiary/aromatic N) is 2. The highest BCUT2D eigenvalue weighted by Crippen LogP contribution is 2.32. The third kappa shape index (κ3) is 3.57. The van der Waals surface area contributed by atoms with E-state index in [9.17, 15) is 4.79 Å². The minimum absolute atomic E-state index is 0.0402. The molecule has 2 aromatic heterocycles. The van der Waals surface area contributed by atoms with Crippen LogP contribution in [0.4, 0.5) is 0 Å². The van der Waals surface area contributed by atoms with E-state index in [0.29, 0.717) is 6.54 Å². The normalized spacial score (nSPS) is 13.9. The Morgan fingerprint density at radius 3 is 3.00 bits per heavy atom. The number of aromatic nitrogens is 2. The predicted molar refractivity (Wildman–Crippen MR) is 104 cm³/mol. The summed E-state index contributed by atoms with van der Waals surface area (Å²) in [7, 11) is 0. The second-order valence-corrected chi connectivity index (χ2v) is 7.60. The van der Waals surface area contributed by atoms with Crippen LogP contribution in [0.2, 0.25) is 0 Å². The van der Waals surface area contributed by atoms with Crippen LogP contribution in [0.1, 0.15) is 33.0 Å². The fourth-order valence-corrected chi connectivity index (χ4v) is 4.33. The molecule has 0 saturated carbocycles. The van der Waals surface area contributed by atoms with E-state index in [0.717, 1.165) is 52.6 Å². The van der Waals surface area contributed by atoms with Gasteiger partial charge in [0.15, 0.2) is 0 Å². The summed E-state index contributed by atoms with van der Waals surface area (Å²) in [6.07, 6.45) is 1.08. The van der Waals surface area contributed by atoms with Gasteiger partial charge in [0, 0.05) is 18.0 Å². The molecule has 0 radical (unpaired) electrons.